The van der Waals surface area contributed by atoms with Crippen molar-refractivity contribution in [2.75, 3.05) is 13.2 Å². The number of epoxide rings is 1. The van der Waals surface area contributed by atoms with Crippen LogP contribution in [-0.2, 0) is 14.3 Å². The Morgan fingerprint density at radius 3 is 2.92 bits per heavy atom. The number of ether oxygens (including phenoxy) is 2. The van der Waals surface area contributed by atoms with Crippen molar-refractivity contribution in [2.45, 2.75) is 38.7 Å². The van der Waals surface area contributed by atoms with E-state index in [1.54, 1.807) is 0 Å². The lowest BCUT2D eigenvalue weighted by atomic mass is 10.2. The molecule has 1 aliphatic heterocycles. The third-order valence-electron chi connectivity index (χ3n) is 1.82. The Hall–Kier alpha value is -0.570. The molecular formula is C9H16O3. The lowest BCUT2D eigenvalue weighted by Gasteiger charge is -2.01. The maximum Gasteiger partial charge on any atom is 0.305 e. The van der Waals surface area contributed by atoms with Crippen molar-refractivity contribution in [3.63, 3.8) is 0 Å². The van der Waals surface area contributed by atoms with Gasteiger partial charge in [0.25, 0.3) is 0 Å². The topological polar surface area (TPSA) is 38.8 Å². The molecule has 3 nitrogen and oxygen atoms in total. The Kier molecular flexibility index (Phi) is 4.08. The average Bonchev–Trinajstić information content (AvgIpc) is 2.84. The minimum Gasteiger partial charge on any atom is -0.463 e. The van der Waals surface area contributed by atoms with Crippen molar-refractivity contribution in [3.8, 4) is 0 Å². The van der Waals surface area contributed by atoms with Crippen LogP contribution in [0.2, 0.25) is 0 Å². The predicted octanol–water partition coefficient (Wildman–Crippen LogP) is 1.51. The highest BCUT2D eigenvalue weighted by Gasteiger charge is 2.23. The van der Waals surface area contributed by atoms with E-state index in [0.29, 0.717) is 13.0 Å². The van der Waals surface area contributed by atoms with Crippen molar-refractivity contribution < 1.29 is 14.3 Å². The third kappa shape index (κ3) is 4.34. The second-order valence-electron chi connectivity index (χ2n) is 3.10. The molecule has 1 fully saturated rings. The first-order valence-electron chi connectivity index (χ1n) is 4.60. The molecule has 3 heteroatoms. The molecule has 0 amide bonds. The Balaban J connectivity index is 1.88. The van der Waals surface area contributed by atoms with Crippen molar-refractivity contribution >= 4 is 5.97 Å². The number of carbonyl (C=O) groups excluding carboxylic acids is 1. The van der Waals surface area contributed by atoms with Crippen LogP contribution in [0, 0.1) is 0 Å². The summed E-state index contributed by atoms with van der Waals surface area (Å²) in [5, 5.41) is 0. The normalized spacial score (nSPS) is 20.6. The van der Waals surface area contributed by atoms with Crippen molar-refractivity contribution in [3.05, 3.63) is 0 Å². The highest BCUT2D eigenvalue weighted by atomic mass is 16.6. The van der Waals surface area contributed by atoms with Crippen molar-refractivity contribution in [1.29, 1.82) is 0 Å². The van der Waals surface area contributed by atoms with E-state index in [9.17, 15) is 4.79 Å². The van der Waals surface area contributed by atoms with Gasteiger partial charge in [-0.25, -0.2) is 0 Å². The molecule has 0 unspecified atom stereocenters. The molecule has 0 aliphatic carbocycles. The van der Waals surface area contributed by atoms with Gasteiger partial charge in [0.2, 0.25) is 0 Å². The van der Waals surface area contributed by atoms with Crippen molar-refractivity contribution in [1.82, 2.24) is 0 Å². The van der Waals surface area contributed by atoms with E-state index in [0.717, 1.165) is 25.9 Å². The lowest BCUT2D eigenvalue weighted by molar-refractivity contribution is -0.144. The summed E-state index contributed by atoms with van der Waals surface area (Å²) in [5.74, 6) is -0.0843. The number of carbonyl (C=O) groups is 1. The molecular weight excluding hydrogens is 156 g/mol. The Labute approximate surface area is 73.0 Å². The molecule has 12 heavy (non-hydrogen) atoms. The number of unbranched alkanes of at least 4 members (excludes halogenated alkanes) is 2. The Morgan fingerprint density at radius 2 is 2.33 bits per heavy atom. The van der Waals surface area contributed by atoms with Gasteiger partial charge in [-0.15, -0.1) is 0 Å². The van der Waals surface area contributed by atoms with Gasteiger partial charge in [-0.05, 0) is 6.42 Å². The molecule has 0 saturated carbocycles. The molecule has 0 aromatic carbocycles. The van der Waals surface area contributed by atoms with Gasteiger partial charge in [-0.3, -0.25) is 4.79 Å². The van der Waals surface area contributed by atoms with Gasteiger partial charge in [0.1, 0.15) is 12.7 Å². The van der Waals surface area contributed by atoms with Gasteiger partial charge in [0.05, 0.1) is 6.61 Å². The first-order valence-corrected chi connectivity index (χ1v) is 4.60. The molecule has 70 valence electrons. The van der Waals surface area contributed by atoms with Crippen LogP contribution in [0.25, 0.3) is 0 Å². The molecule has 0 aromatic rings. The minimum atomic E-state index is -0.0843. The minimum absolute atomic E-state index is 0.0843. The third-order valence-corrected chi connectivity index (χ3v) is 1.82. The van der Waals surface area contributed by atoms with Crippen molar-refractivity contribution in [2.24, 2.45) is 0 Å². The van der Waals surface area contributed by atoms with Crippen LogP contribution in [0.15, 0.2) is 0 Å². The summed E-state index contributed by atoms with van der Waals surface area (Å²) < 4.78 is 9.86. The molecule has 0 spiro atoms. The molecule has 1 heterocycles. The zero-order valence-corrected chi connectivity index (χ0v) is 7.54. The molecule has 1 atom stereocenters. The highest BCUT2D eigenvalue weighted by molar-refractivity contribution is 5.69. The second-order valence-corrected chi connectivity index (χ2v) is 3.10. The van der Waals surface area contributed by atoms with E-state index in [-0.39, 0.29) is 12.1 Å². The van der Waals surface area contributed by atoms with Gasteiger partial charge < -0.3 is 9.47 Å². The van der Waals surface area contributed by atoms with Crippen LogP contribution in [0.1, 0.15) is 32.6 Å². The van der Waals surface area contributed by atoms with E-state index in [2.05, 4.69) is 6.92 Å². The van der Waals surface area contributed by atoms with E-state index in [1.165, 1.54) is 0 Å². The Bertz CT molecular complexity index is 141. The monoisotopic (exact) mass is 172 g/mol. The molecule has 0 radical (unpaired) electrons. The van der Waals surface area contributed by atoms with Gasteiger partial charge in [-0.2, -0.15) is 0 Å². The van der Waals surface area contributed by atoms with Gasteiger partial charge in [0.15, 0.2) is 0 Å². The van der Waals surface area contributed by atoms with E-state index < -0.39 is 0 Å². The first-order chi connectivity index (χ1) is 5.83. The molecule has 0 bridgehead atoms. The molecule has 1 saturated heterocycles. The smallest absolute Gasteiger partial charge is 0.305 e. The summed E-state index contributed by atoms with van der Waals surface area (Å²) in [6.07, 6.45) is 3.94. The number of rotatable bonds is 6. The van der Waals surface area contributed by atoms with E-state index in [4.69, 9.17) is 9.47 Å². The zero-order valence-electron chi connectivity index (χ0n) is 7.54. The largest absolute Gasteiger partial charge is 0.463 e. The van der Waals surface area contributed by atoms with Crippen LogP contribution >= 0.6 is 0 Å². The summed E-state index contributed by atoms with van der Waals surface area (Å²) in [5.41, 5.74) is 0. The number of esters is 1. The van der Waals surface area contributed by atoms with Crippen LogP contribution in [0.4, 0.5) is 0 Å². The predicted molar refractivity (Wildman–Crippen MR) is 44.8 cm³/mol. The lowest BCUT2D eigenvalue weighted by Crippen LogP contribution is -2.09. The molecule has 0 N–H and O–H groups in total. The zero-order chi connectivity index (χ0) is 8.81. The summed E-state index contributed by atoms with van der Waals surface area (Å²) in [7, 11) is 0. The van der Waals surface area contributed by atoms with Gasteiger partial charge >= 0.3 is 5.97 Å². The summed E-state index contributed by atoms with van der Waals surface area (Å²) in [6.45, 7) is 3.32. The fraction of sp³-hybridized carbons (Fsp3) is 0.889. The number of hydrogen-bond acceptors (Lipinski definition) is 3. The molecule has 0 aromatic heterocycles. The maximum absolute atomic E-state index is 11.0. The van der Waals surface area contributed by atoms with Crippen LogP contribution in [0.5, 0.6) is 0 Å². The second kappa shape index (κ2) is 5.14. The summed E-state index contributed by atoms with van der Waals surface area (Å²) >= 11 is 0. The van der Waals surface area contributed by atoms with Crippen LogP contribution in [-0.4, -0.2) is 25.3 Å². The highest BCUT2D eigenvalue weighted by Crippen LogP contribution is 2.09. The molecule has 1 aliphatic rings. The first kappa shape index (κ1) is 9.52. The standard InChI is InChI=1S/C9H16O3/c1-2-3-4-5-9(10)12-7-8-6-11-8/h8H,2-7H2,1H3/t8-/m0/s1. The average molecular weight is 172 g/mol. The van der Waals surface area contributed by atoms with Crippen LogP contribution in [0.3, 0.4) is 0 Å². The van der Waals surface area contributed by atoms with Gasteiger partial charge in [0, 0.05) is 6.42 Å². The van der Waals surface area contributed by atoms with Gasteiger partial charge in [-0.1, -0.05) is 19.8 Å². The summed E-state index contributed by atoms with van der Waals surface area (Å²) in [4.78, 5) is 11.0. The Morgan fingerprint density at radius 1 is 1.58 bits per heavy atom. The SMILES string of the molecule is CCCCCC(=O)OC[C@@H]1CO1. The fourth-order valence-corrected chi connectivity index (χ4v) is 0.942. The van der Waals surface area contributed by atoms with E-state index >= 15 is 0 Å². The fourth-order valence-electron chi connectivity index (χ4n) is 0.942. The van der Waals surface area contributed by atoms with E-state index in [1.807, 2.05) is 0 Å². The maximum atomic E-state index is 11.0. The quantitative estimate of drug-likeness (QED) is 0.346. The molecule has 1 rings (SSSR count). The van der Waals surface area contributed by atoms with Crippen LogP contribution < -0.4 is 0 Å². The number of hydrogen-bond donors (Lipinski definition) is 0. The summed E-state index contributed by atoms with van der Waals surface area (Å²) in [6, 6.07) is 0.